The van der Waals surface area contributed by atoms with Crippen molar-refractivity contribution in [1.82, 2.24) is 15.2 Å². The summed E-state index contributed by atoms with van der Waals surface area (Å²) in [5.41, 5.74) is 5.67. The number of H-pyrrole nitrogens is 1. The Labute approximate surface area is 145 Å². The van der Waals surface area contributed by atoms with E-state index in [1.165, 1.54) is 0 Å². The third kappa shape index (κ3) is 3.06. The zero-order chi connectivity index (χ0) is 17.1. The zero-order valence-electron chi connectivity index (χ0n) is 13.4. The highest BCUT2D eigenvalue weighted by Gasteiger charge is 2.08. The lowest BCUT2D eigenvalue weighted by Gasteiger charge is -2.07. The average molecular weight is 325 g/mol. The molecule has 0 saturated carbocycles. The van der Waals surface area contributed by atoms with Crippen LogP contribution >= 0.6 is 0 Å². The highest BCUT2D eigenvalue weighted by molar-refractivity contribution is 5.94. The van der Waals surface area contributed by atoms with E-state index >= 15 is 0 Å². The number of aromatic amines is 1. The van der Waals surface area contributed by atoms with Crippen LogP contribution in [0.3, 0.4) is 0 Å². The second kappa shape index (κ2) is 6.46. The summed E-state index contributed by atoms with van der Waals surface area (Å²) in [7, 11) is 0. The van der Waals surface area contributed by atoms with Gasteiger partial charge in [0.15, 0.2) is 0 Å². The van der Waals surface area contributed by atoms with Crippen molar-refractivity contribution in [1.29, 1.82) is 5.26 Å². The number of rotatable bonds is 4. The second-order valence-corrected chi connectivity index (χ2v) is 5.73. The molecule has 0 aliphatic rings. The SMILES string of the molecule is N#Cc1cccc(CNc2ccc3[nH]nc(-c4ccncc4)c3c2)c1. The molecule has 2 heterocycles. The van der Waals surface area contributed by atoms with Crippen LogP contribution in [0.1, 0.15) is 11.1 Å². The molecule has 2 aromatic carbocycles. The minimum absolute atomic E-state index is 0.656. The van der Waals surface area contributed by atoms with Gasteiger partial charge in [0.1, 0.15) is 5.69 Å². The Morgan fingerprint density at radius 1 is 1.04 bits per heavy atom. The molecule has 5 nitrogen and oxygen atoms in total. The molecule has 0 fully saturated rings. The molecule has 25 heavy (non-hydrogen) atoms. The summed E-state index contributed by atoms with van der Waals surface area (Å²) in [5.74, 6) is 0. The van der Waals surface area contributed by atoms with Gasteiger partial charge >= 0.3 is 0 Å². The molecule has 0 atom stereocenters. The summed E-state index contributed by atoms with van der Waals surface area (Å²) in [6, 6.07) is 19.8. The Bertz CT molecular complexity index is 1060. The fraction of sp³-hybridized carbons (Fsp3) is 0.0500. The quantitative estimate of drug-likeness (QED) is 0.592. The number of hydrogen-bond acceptors (Lipinski definition) is 4. The molecule has 120 valence electrons. The largest absolute Gasteiger partial charge is 0.381 e. The number of nitriles is 1. The molecule has 0 saturated heterocycles. The van der Waals surface area contributed by atoms with Crippen LogP contribution < -0.4 is 5.32 Å². The lowest BCUT2D eigenvalue weighted by molar-refractivity contribution is 1.12. The van der Waals surface area contributed by atoms with Crippen molar-refractivity contribution in [3.63, 3.8) is 0 Å². The van der Waals surface area contributed by atoms with Gasteiger partial charge in [-0.25, -0.2) is 0 Å². The molecule has 2 aromatic heterocycles. The van der Waals surface area contributed by atoms with E-state index in [9.17, 15) is 0 Å². The van der Waals surface area contributed by atoms with Crippen molar-refractivity contribution in [3.05, 3.63) is 78.1 Å². The van der Waals surface area contributed by atoms with E-state index in [4.69, 9.17) is 5.26 Å². The first-order valence-corrected chi connectivity index (χ1v) is 7.95. The lowest BCUT2D eigenvalue weighted by atomic mass is 10.1. The molecule has 0 aliphatic heterocycles. The van der Waals surface area contributed by atoms with Crippen LogP contribution in [-0.4, -0.2) is 15.2 Å². The van der Waals surface area contributed by atoms with Crippen LogP contribution in [0.4, 0.5) is 5.69 Å². The molecule has 0 spiro atoms. The van der Waals surface area contributed by atoms with E-state index in [0.29, 0.717) is 12.1 Å². The van der Waals surface area contributed by atoms with E-state index in [-0.39, 0.29) is 0 Å². The van der Waals surface area contributed by atoms with Gasteiger partial charge in [-0.15, -0.1) is 0 Å². The van der Waals surface area contributed by atoms with Crippen molar-refractivity contribution >= 4 is 16.6 Å². The third-order valence-corrected chi connectivity index (χ3v) is 4.07. The zero-order valence-corrected chi connectivity index (χ0v) is 13.4. The van der Waals surface area contributed by atoms with Gasteiger partial charge in [0.2, 0.25) is 0 Å². The van der Waals surface area contributed by atoms with Crippen LogP contribution in [-0.2, 0) is 6.54 Å². The van der Waals surface area contributed by atoms with Crippen LogP contribution in [0.2, 0.25) is 0 Å². The molecule has 5 heteroatoms. The van der Waals surface area contributed by atoms with Crippen molar-refractivity contribution in [2.24, 2.45) is 0 Å². The van der Waals surface area contributed by atoms with Crippen molar-refractivity contribution < 1.29 is 0 Å². The van der Waals surface area contributed by atoms with Gasteiger partial charge in [0, 0.05) is 35.6 Å². The van der Waals surface area contributed by atoms with E-state index in [2.05, 4.69) is 32.6 Å². The van der Waals surface area contributed by atoms with Crippen LogP contribution in [0.25, 0.3) is 22.2 Å². The predicted molar refractivity (Wildman–Crippen MR) is 97.8 cm³/mol. The number of pyridine rings is 1. The minimum Gasteiger partial charge on any atom is -0.381 e. The maximum Gasteiger partial charge on any atom is 0.100 e. The number of aromatic nitrogens is 3. The van der Waals surface area contributed by atoms with Gasteiger partial charge in [0.05, 0.1) is 17.1 Å². The first-order chi connectivity index (χ1) is 12.3. The molecule has 4 aromatic rings. The van der Waals surface area contributed by atoms with Crippen molar-refractivity contribution in [3.8, 4) is 17.3 Å². The van der Waals surface area contributed by atoms with Gasteiger partial charge in [-0.3, -0.25) is 10.1 Å². The summed E-state index contributed by atoms with van der Waals surface area (Å²) in [6.07, 6.45) is 3.53. The average Bonchev–Trinajstić information content (AvgIpc) is 3.10. The normalized spacial score (nSPS) is 10.5. The van der Waals surface area contributed by atoms with Crippen molar-refractivity contribution in [2.45, 2.75) is 6.54 Å². The van der Waals surface area contributed by atoms with Gasteiger partial charge in [0.25, 0.3) is 0 Å². The molecule has 0 unspecified atom stereocenters. The molecule has 2 N–H and O–H groups in total. The Morgan fingerprint density at radius 3 is 2.76 bits per heavy atom. The summed E-state index contributed by atoms with van der Waals surface area (Å²) in [6.45, 7) is 0.656. The van der Waals surface area contributed by atoms with E-state index in [1.54, 1.807) is 12.4 Å². The molecule has 4 rings (SSSR count). The van der Waals surface area contributed by atoms with Crippen LogP contribution in [0, 0.1) is 11.3 Å². The number of fused-ring (bicyclic) bond motifs is 1. The van der Waals surface area contributed by atoms with Gasteiger partial charge < -0.3 is 5.32 Å². The maximum absolute atomic E-state index is 9.00. The summed E-state index contributed by atoms with van der Waals surface area (Å²) < 4.78 is 0. The number of benzene rings is 2. The van der Waals surface area contributed by atoms with Gasteiger partial charge in [-0.1, -0.05) is 12.1 Å². The number of anilines is 1. The molecule has 0 amide bonds. The lowest BCUT2D eigenvalue weighted by Crippen LogP contribution is -1.99. The Hall–Kier alpha value is -3.65. The van der Waals surface area contributed by atoms with Gasteiger partial charge in [-0.05, 0) is 48.0 Å². The first kappa shape index (κ1) is 14.9. The highest BCUT2D eigenvalue weighted by Crippen LogP contribution is 2.28. The number of hydrogen-bond donors (Lipinski definition) is 2. The van der Waals surface area contributed by atoms with Crippen molar-refractivity contribution in [2.75, 3.05) is 5.32 Å². The first-order valence-electron chi connectivity index (χ1n) is 7.95. The van der Waals surface area contributed by atoms with E-state index in [1.807, 2.05) is 48.5 Å². The van der Waals surface area contributed by atoms with E-state index in [0.717, 1.165) is 33.4 Å². The number of nitrogens with zero attached hydrogens (tertiary/aromatic N) is 3. The predicted octanol–water partition coefficient (Wildman–Crippen LogP) is 4.11. The Balaban J connectivity index is 1.61. The number of nitrogens with one attached hydrogen (secondary N) is 2. The minimum atomic E-state index is 0.656. The fourth-order valence-electron chi connectivity index (χ4n) is 2.81. The molecular formula is C20H15N5. The molecular weight excluding hydrogens is 310 g/mol. The Morgan fingerprint density at radius 2 is 1.92 bits per heavy atom. The summed E-state index contributed by atoms with van der Waals surface area (Å²) in [4.78, 5) is 4.06. The maximum atomic E-state index is 9.00. The summed E-state index contributed by atoms with van der Waals surface area (Å²) >= 11 is 0. The Kier molecular flexibility index (Phi) is 3.85. The smallest absolute Gasteiger partial charge is 0.100 e. The van der Waals surface area contributed by atoms with Crippen LogP contribution in [0.5, 0.6) is 0 Å². The van der Waals surface area contributed by atoms with Gasteiger partial charge in [-0.2, -0.15) is 10.4 Å². The topological polar surface area (TPSA) is 77.4 Å². The molecule has 0 aliphatic carbocycles. The summed E-state index contributed by atoms with van der Waals surface area (Å²) in [5, 5.41) is 21.0. The third-order valence-electron chi connectivity index (χ3n) is 4.07. The highest BCUT2D eigenvalue weighted by atomic mass is 15.1. The monoisotopic (exact) mass is 325 g/mol. The molecule has 0 radical (unpaired) electrons. The standard InChI is InChI=1S/C20H15N5/c21-12-14-2-1-3-15(10-14)13-23-17-4-5-19-18(11-17)20(25-24-19)16-6-8-22-9-7-16/h1-11,23H,13H2,(H,24,25). The fourth-order valence-corrected chi connectivity index (χ4v) is 2.81. The van der Waals surface area contributed by atoms with E-state index < -0.39 is 0 Å². The second-order valence-electron chi connectivity index (χ2n) is 5.73. The molecule has 0 bridgehead atoms. The van der Waals surface area contributed by atoms with Crippen LogP contribution in [0.15, 0.2) is 67.0 Å².